The van der Waals surface area contributed by atoms with Crippen molar-refractivity contribution in [1.82, 2.24) is 0 Å². The third-order valence-corrected chi connectivity index (χ3v) is 1.54. The molecule has 0 aliphatic carbocycles. The van der Waals surface area contributed by atoms with Crippen LogP contribution in [0.4, 0.5) is 0 Å². The molecule has 2 nitrogen and oxygen atoms in total. The van der Waals surface area contributed by atoms with Crippen molar-refractivity contribution in [3.8, 4) is 0 Å². The maximum absolute atomic E-state index is 10.7. The van der Waals surface area contributed by atoms with E-state index in [1.807, 2.05) is 6.92 Å². The molecule has 0 fully saturated rings. The van der Waals surface area contributed by atoms with Crippen LogP contribution < -0.4 is 0 Å². The summed E-state index contributed by atoms with van der Waals surface area (Å²) in [5.41, 5.74) is 0. The zero-order valence-electron chi connectivity index (χ0n) is 6.23. The van der Waals surface area contributed by atoms with Crippen LogP contribution in [0.1, 0.15) is 26.2 Å². The second-order valence-electron chi connectivity index (χ2n) is 2.01. The molecular formula is C7H13BrO2. The molecule has 0 aromatic heterocycles. The van der Waals surface area contributed by atoms with E-state index in [2.05, 4.69) is 15.9 Å². The molecule has 0 unspecified atom stereocenters. The summed E-state index contributed by atoms with van der Waals surface area (Å²) >= 11 is 3.24. The lowest BCUT2D eigenvalue weighted by atomic mass is 10.3. The molecule has 0 amide bonds. The van der Waals surface area contributed by atoms with Gasteiger partial charge in [0.05, 0.1) is 6.61 Å². The van der Waals surface area contributed by atoms with E-state index in [4.69, 9.17) is 4.74 Å². The first-order chi connectivity index (χ1) is 4.81. The van der Waals surface area contributed by atoms with E-state index in [1.165, 1.54) is 0 Å². The molecular weight excluding hydrogens is 196 g/mol. The summed E-state index contributed by atoms with van der Waals surface area (Å²) in [4.78, 5) is 10.7. The molecule has 0 spiro atoms. The van der Waals surface area contributed by atoms with Crippen molar-refractivity contribution < 1.29 is 9.53 Å². The van der Waals surface area contributed by atoms with Gasteiger partial charge in [0, 0.05) is 11.8 Å². The third kappa shape index (κ3) is 6.08. The molecule has 0 bridgehead atoms. The molecule has 0 aliphatic heterocycles. The fourth-order valence-corrected chi connectivity index (χ4v) is 0.780. The molecule has 0 aliphatic rings. The van der Waals surface area contributed by atoms with Crippen LogP contribution in [0.3, 0.4) is 0 Å². The average Bonchev–Trinajstić information content (AvgIpc) is 1.97. The maximum Gasteiger partial charge on any atom is 0.305 e. The Morgan fingerprint density at radius 2 is 2.30 bits per heavy atom. The number of halogens is 1. The zero-order chi connectivity index (χ0) is 7.82. The Morgan fingerprint density at radius 1 is 1.60 bits per heavy atom. The molecule has 0 atom stereocenters. The number of hydrogen-bond donors (Lipinski definition) is 0. The van der Waals surface area contributed by atoms with Crippen molar-refractivity contribution in [2.45, 2.75) is 26.2 Å². The van der Waals surface area contributed by atoms with Gasteiger partial charge in [-0.1, -0.05) is 22.9 Å². The Morgan fingerprint density at radius 3 is 2.80 bits per heavy atom. The van der Waals surface area contributed by atoms with Gasteiger partial charge in [0.25, 0.3) is 0 Å². The van der Waals surface area contributed by atoms with Crippen LogP contribution in [0, 0.1) is 0 Å². The minimum absolute atomic E-state index is 0.0821. The lowest BCUT2D eigenvalue weighted by Crippen LogP contribution is -2.04. The van der Waals surface area contributed by atoms with Crippen LogP contribution in [-0.2, 0) is 9.53 Å². The lowest BCUT2D eigenvalue weighted by Gasteiger charge is -2.00. The van der Waals surface area contributed by atoms with Gasteiger partial charge in [0.2, 0.25) is 0 Å². The predicted octanol–water partition coefficient (Wildman–Crippen LogP) is 2.11. The molecule has 0 saturated carbocycles. The number of alkyl halides is 1. The molecule has 10 heavy (non-hydrogen) atoms. The van der Waals surface area contributed by atoms with E-state index in [0.717, 1.165) is 18.2 Å². The Balaban J connectivity index is 3.09. The number of carbonyl (C=O) groups excluding carboxylic acids is 1. The highest BCUT2D eigenvalue weighted by Gasteiger charge is 1.99. The summed E-state index contributed by atoms with van der Waals surface area (Å²) < 4.78 is 4.83. The van der Waals surface area contributed by atoms with Crippen molar-refractivity contribution in [2.75, 3.05) is 11.9 Å². The standard InChI is InChI=1S/C7H13BrO2/c1-2-6-10-7(9)4-3-5-8/h2-6H2,1H3. The molecule has 0 aromatic carbocycles. The summed E-state index contributed by atoms with van der Waals surface area (Å²) in [5.74, 6) is -0.0821. The lowest BCUT2D eigenvalue weighted by molar-refractivity contribution is -0.143. The van der Waals surface area contributed by atoms with Gasteiger partial charge >= 0.3 is 5.97 Å². The van der Waals surface area contributed by atoms with Gasteiger partial charge in [-0.05, 0) is 12.8 Å². The van der Waals surface area contributed by atoms with E-state index >= 15 is 0 Å². The van der Waals surface area contributed by atoms with Crippen molar-refractivity contribution in [2.24, 2.45) is 0 Å². The molecule has 0 heterocycles. The number of rotatable bonds is 5. The molecule has 0 radical (unpaired) electrons. The van der Waals surface area contributed by atoms with Gasteiger partial charge in [0.15, 0.2) is 0 Å². The zero-order valence-corrected chi connectivity index (χ0v) is 7.82. The summed E-state index contributed by atoms with van der Waals surface area (Å²) in [6.45, 7) is 2.54. The average molecular weight is 209 g/mol. The SMILES string of the molecule is CCCOC(=O)CCCBr. The van der Waals surface area contributed by atoms with Crippen molar-refractivity contribution in [3.05, 3.63) is 0 Å². The summed E-state index contributed by atoms with van der Waals surface area (Å²) in [7, 11) is 0. The first kappa shape index (κ1) is 9.95. The minimum Gasteiger partial charge on any atom is -0.466 e. The minimum atomic E-state index is -0.0821. The van der Waals surface area contributed by atoms with Crippen molar-refractivity contribution in [3.63, 3.8) is 0 Å². The molecule has 0 rings (SSSR count). The third-order valence-electron chi connectivity index (χ3n) is 0.982. The van der Waals surface area contributed by atoms with Crippen LogP contribution in [0.15, 0.2) is 0 Å². The van der Waals surface area contributed by atoms with E-state index in [-0.39, 0.29) is 5.97 Å². The van der Waals surface area contributed by atoms with Gasteiger partial charge in [-0.15, -0.1) is 0 Å². The van der Waals surface area contributed by atoms with E-state index in [0.29, 0.717) is 13.0 Å². The topological polar surface area (TPSA) is 26.3 Å². The number of carbonyl (C=O) groups is 1. The predicted molar refractivity (Wildman–Crippen MR) is 44.3 cm³/mol. The highest BCUT2D eigenvalue weighted by molar-refractivity contribution is 9.09. The largest absolute Gasteiger partial charge is 0.466 e. The molecule has 0 N–H and O–H groups in total. The number of ether oxygens (including phenoxy) is 1. The van der Waals surface area contributed by atoms with Crippen LogP contribution in [0.25, 0.3) is 0 Å². The second kappa shape index (κ2) is 7.06. The highest BCUT2D eigenvalue weighted by atomic mass is 79.9. The van der Waals surface area contributed by atoms with Crippen LogP contribution in [0.5, 0.6) is 0 Å². The van der Waals surface area contributed by atoms with Gasteiger partial charge in [-0.25, -0.2) is 0 Å². The fourth-order valence-electron chi connectivity index (χ4n) is 0.499. The Labute approximate surface area is 70.1 Å². The summed E-state index contributed by atoms with van der Waals surface area (Å²) in [6, 6.07) is 0. The number of hydrogen-bond acceptors (Lipinski definition) is 2. The van der Waals surface area contributed by atoms with Gasteiger partial charge in [-0.3, -0.25) is 4.79 Å². The molecule has 60 valence electrons. The molecule has 0 aromatic rings. The Kier molecular flexibility index (Phi) is 7.03. The molecule has 0 saturated heterocycles. The van der Waals surface area contributed by atoms with Crippen molar-refractivity contribution >= 4 is 21.9 Å². The normalized spacial score (nSPS) is 9.40. The fraction of sp³-hybridized carbons (Fsp3) is 0.857. The quantitative estimate of drug-likeness (QED) is 0.512. The van der Waals surface area contributed by atoms with E-state index in [9.17, 15) is 4.79 Å². The van der Waals surface area contributed by atoms with Gasteiger partial charge in [0.1, 0.15) is 0 Å². The van der Waals surface area contributed by atoms with Gasteiger partial charge in [-0.2, -0.15) is 0 Å². The molecule has 3 heteroatoms. The first-order valence-electron chi connectivity index (χ1n) is 3.52. The smallest absolute Gasteiger partial charge is 0.305 e. The number of esters is 1. The van der Waals surface area contributed by atoms with E-state index < -0.39 is 0 Å². The summed E-state index contributed by atoms with van der Waals surface area (Å²) in [6.07, 6.45) is 2.30. The second-order valence-corrected chi connectivity index (χ2v) is 2.81. The first-order valence-corrected chi connectivity index (χ1v) is 4.65. The maximum atomic E-state index is 10.7. The van der Waals surface area contributed by atoms with E-state index in [1.54, 1.807) is 0 Å². The Hall–Kier alpha value is -0.0500. The van der Waals surface area contributed by atoms with Crippen LogP contribution >= 0.6 is 15.9 Å². The van der Waals surface area contributed by atoms with Crippen molar-refractivity contribution in [1.29, 1.82) is 0 Å². The van der Waals surface area contributed by atoms with Crippen LogP contribution in [-0.4, -0.2) is 17.9 Å². The summed E-state index contributed by atoms with van der Waals surface area (Å²) in [5, 5.41) is 0.869. The van der Waals surface area contributed by atoms with Crippen LogP contribution in [0.2, 0.25) is 0 Å². The Bertz CT molecular complexity index is 83.6. The highest BCUT2D eigenvalue weighted by Crippen LogP contribution is 1.96. The van der Waals surface area contributed by atoms with Gasteiger partial charge < -0.3 is 4.74 Å². The monoisotopic (exact) mass is 208 g/mol.